The third kappa shape index (κ3) is 4.38. The third-order valence-corrected chi connectivity index (χ3v) is 12.3. The lowest BCUT2D eigenvalue weighted by Crippen LogP contribution is -2.55. The number of aliphatic hydroxyl groups excluding tert-OH is 1. The van der Waals surface area contributed by atoms with E-state index in [9.17, 15) is 10.2 Å². The van der Waals surface area contributed by atoms with Gasteiger partial charge in [-0.15, -0.1) is 0 Å². The van der Waals surface area contributed by atoms with Gasteiger partial charge in [0, 0.05) is 5.92 Å². The molecule has 1 aromatic rings. The molecule has 0 unspecified atom stereocenters. The zero-order valence-corrected chi connectivity index (χ0v) is 23.2. The summed E-state index contributed by atoms with van der Waals surface area (Å²) in [5.74, 6) is 6.25. The fraction of sp³-hybridized carbons (Fsp3) is 0.818. The molecule has 0 aromatic heterocycles. The van der Waals surface area contributed by atoms with Crippen LogP contribution in [0.15, 0.2) is 24.3 Å². The maximum absolute atomic E-state index is 11.4. The molecule has 4 aliphatic carbocycles. The van der Waals surface area contributed by atoms with E-state index in [2.05, 4.69) is 34.6 Å². The Balaban J connectivity index is 1.31. The first-order valence-corrected chi connectivity index (χ1v) is 15.1. The van der Waals surface area contributed by atoms with Crippen LogP contribution in [0.4, 0.5) is 0 Å². The van der Waals surface area contributed by atoms with Gasteiger partial charge in [0.2, 0.25) is 0 Å². The Bertz CT molecular complexity index is 878. The number of aromatic hydroxyl groups is 1. The van der Waals surface area contributed by atoms with Gasteiger partial charge < -0.3 is 10.2 Å². The van der Waals surface area contributed by atoms with Crippen molar-refractivity contribution >= 4 is 0 Å². The monoisotopic (exact) mass is 480 g/mol. The van der Waals surface area contributed by atoms with E-state index in [4.69, 9.17) is 0 Å². The van der Waals surface area contributed by atoms with Crippen molar-refractivity contribution in [2.75, 3.05) is 0 Å². The molecule has 10 atom stereocenters. The number of benzene rings is 1. The largest absolute Gasteiger partial charge is 0.508 e. The van der Waals surface area contributed by atoms with E-state index in [1.165, 1.54) is 57.8 Å². The summed E-state index contributed by atoms with van der Waals surface area (Å²) in [4.78, 5) is 0. The van der Waals surface area contributed by atoms with Crippen molar-refractivity contribution in [3.05, 3.63) is 29.8 Å². The Morgan fingerprint density at radius 2 is 1.66 bits per heavy atom. The zero-order chi connectivity index (χ0) is 25.0. The SMILES string of the molecule is CC(C)CCC[C@@H](C)[C@H]1CC[C@H]2[C@@H]3CC[C@H]4C[C@@H](c5ccccc5O)[C@H](O)C[C@]4(C)[C@H]3CC[C@]12C. The number of aliphatic hydroxyl groups is 1. The Morgan fingerprint density at radius 3 is 2.40 bits per heavy atom. The van der Waals surface area contributed by atoms with Crippen LogP contribution < -0.4 is 0 Å². The van der Waals surface area contributed by atoms with Gasteiger partial charge in [-0.05, 0) is 115 Å². The lowest BCUT2D eigenvalue weighted by molar-refractivity contribution is -0.138. The van der Waals surface area contributed by atoms with E-state index < -0.39 is 0 Å². The number of para-hydroxylation sites is 1. The second-order valence-electron chi connectivity index (χ2n) is 14.4. The van der Waals surface area contributed by atoms with E-state index in [1.807, 2.05) is 18.2 Å². The summed E-state index contributed by atoms with van der Waals surface area (Å²) < 4.78 is 0. The van der Waals surface area contributed by atoms with Gasteiger partial charge >= 0.3 is 0 Å². The Kier molecular flexibility index (Phi) is 7.10. The molecule has 5 rings (SSSR count). The molecule has 196 valence electrons. The zero-order valence-electron chi connectivity index (χ0n) is 23.2. The second kappa shape index (κ2) is 9.70. The van der Waals surface area contributed by atoms with Gasteiger partial charge in [0.15, 0.2) is 0 Å². The number of phenols is 1. The molecule has 2 nitrogen and oxygen atoms in total. The predicted octanol–water partition coefficient (Wildman–Crippen LogP) is 8.57. The fourth-order valence-corrected chi connectivity index (χ4v) is 10.5. The summed E-state index contributed by atoms with van der Waals surface area (Å²) in [7, 11) is 0. The highest BCUT2D eigenvalue weighted by Gasteiger charge is 2.61. The minimum Gasteiger partial charge on any atom is -0.508 e. The summed E-state index contributed by atoms with van der Waals surface area (Å²) in [5.41, 5.74) is 1.75. The van der Waals surface area contributed by atoms with Gasteiger partial charge in [0.1, 0.15) is 5.75 Å². The molecule has 35 heavy (non-hydrogen) atoms. The molecule has 0 heterocycles. The van der Waals surface area contributed by atoms with Gasteiger partial charge in [-0.25, -0.2) is 0 Å². The molecule has 0 saturated heterocycles. The van der Waals surface area contributed by atoms with Crippen LogP contribution in [0.25, 0.3) is 0 Å². The average molecular weight is 481 g/mol. The normalized spacial score (nSPS) is 43.9. The topological polar surface area (TPSA) is 40.5 Å². The molecule has 0 bridgehead atoms. The van der Waals surface area contributed by atoms with Crippen LogP contribution >= 0.6 is 0 Å². The number of phenolic OH excluding ortho intramolecular Hbond substituents is 1. The fourth-order valence-electron chi connectivity index (χ4n) is 10.5. The van der Waals surface area contributed by atoms with Crippen LogP contribution in [-0.4, -0.2) is 16.3 Å². The van der Waals surface area contributed by atoms with Crippen molar-refractivity contribution in [1.29, 1.82) is 0 Å². The second-order valence-corrected chi connectivity index (χ2v) is 14.4. The minimum absolute atomic E-state index is 0.0854. The lowest BCUT2D eigenvalue weighted by Gasteiger charge is -2.62. The molecule has 4 saturated carbocycles. The standard InChI is InChI=1S/C33H52O2/c1-21(2)9-8-10-22(3)27-15-16-28-25-14-13-23-19-26(24-11-6-7-12-30(24)34)31(35)20-33(23,5)29(25)17-18-32(27,28)4/h6-7,11-12,21-23,25-29,31,34-35H,8-10,13-20H2,1-5H3/t22-,23+,25+,26+,27-,28+,29+,31-,32-,33+/m1/s1. The number of hydrogen-bond donors (Lipinski definition) is 2. The van der Waals surface area contributed by atoms with E-state index >= 15 is 0 Å². The van der Waals surface area contributed by atoms with Crippen LogP contribution in [0.2, 0.25) is 0 Å². The van der Waals surface area contributed by atoms with Crippen LogP contribution in [0.5, 0.6) is 5.75 Å². The number of hydrogen-bond acceptors (Lipinski definition) is 2. The summed E-state index contributed by atoms with van der Waals surface area (Å²) in [6.45, 7) is 12.5. The van der Waals surface area contributed by atoms with E-state index in [-0.39, 0.29) is 17.4 Å². The quantitative estimate of drug-likeness (QED) is 0.428. The van der Waals surface area contributed by atoms with Crippen molar-refractivity contribution in [1.82, 2.24) is 0 Å². The average Bonchev–Trinajstić information content (AvgIpc) is 3.16. The van der Waals surface area contributed by atoms with Gasteiger partial charge in [0.05, 0.1) is 6.10 Å². The molecule has 2 heteroatoms. The van der Waals surface area contributed by atoms with Crippen LogP contribution in [0.3, 0.4) is 0 Å². The molecular formula is C33H52O2. The number of fused-ring (bicyclic) bond motifs is 5. The van der Waals surface area contributed by atoms with E-state index in [1.54, 1.807) is 6.07 Å². The van der Waals surface area contributed by atoms with Crippen molar-refractivity contribution in [2.24, 2.45) is 52.3 Å². The highest BCUT2D eigenvalue weighted by molar-refractivity contribution is 5.36. The molecule has 4 fully saturated rings. The van der Waals surface area contributed by atoms with Crippen molar-refractivity contribution in [3.8, 4) is 5.75 Å². The van der Waals surface area contributed by atoms with Gasteiger partial charge in [-0.1, -0.05) is 72.1 Å². The summed E-state index contributed by atoms with van der Waals surface area (Å²) >= 11 is 0. The third-order valence-electron chi connectivity index (χ3n) is 12.3. The Hall–Kier alpha value is -1.02. The molecule has 1 aromatic carbocycles. The maximum Gasteiger partial charge on any atom is 0.119 e. The van der Waals surface area contributed by atoms with E-state index in [0.717, 1.165) is 53.9 Å². The first kappa shape index (κ1) is 25.6. The van der Waals surface area contributed by atoms with Gasteiger partial charge in [0.25, 0.3) is 0 Å². The molecular weight excluding hydrogens is 428 g/mol. The Morgan fingerprint density at radius 1 is 0.914 bits per heavy atom. The number of rotatable bonds is 6. The molecule has 4 aliphatic rings. The highest BCUT2D eigenvalue weighted by Crippen LogP contribution is 2.69. The van der Waals surface area contributed by atoms with Crippen molar-refractivity contribution in [2.45, 2.75) is 117 Å². The summed E-state index contributed by atoms with van der Waals surface area (Å²) in [5, 5.41) is 21.9. The van der Waals surface area contributed by atoms with Crippen LogP contribution in [0, 0.1) is 52.3 Å². The molecule has 2 N–H and O–H groups in total. The summed E-state index contributed by atoms with van der Waals surface area (Å²) in [6.07, 6.45) is 14.2. The van der Waals surface area contributed by atoms with Crippen LogP contribution in [-0.2, 0) is 0 Å². The minimum atomic E-state index is -0.339. The van der Waals surface area contributed by atoms with Gasteiger partial charge in [-0.3, -0.25) is 0 Å². The summed E-state index contributed by atoms with van der Waals surface area (Å²) in [6, 6.07) is 7.72. The van der Waals surface area contributed by atoms with Crippen LogP contribution in [0.1, 0.15) is 117 Å². The van der Waals surface area contributed by atoms with E-state index in [0.29, 0.717) is 17.1 Å². The first-order valence-electron chi connectivity index (χ1n) is 15.1. The van der Waals surface area contributed by atoms with Crippen molar-refractivity contribution < 1.29 is 10.2 Å². The maximum atomic E-state index is 11.4. The smallest absolute Gasteiger partial charge is 0.119 e. The first-order chi connectivity index (χ1) is 16.6. The molecule has 0 spiro atoms. The highest BCUT2D eigenvalue weighted by atomic mass is 16.3. The lowest BCUT2D eigenvalue weighted by atomic mass is 9.43. The van der Waals surface area contributed by atoms with Gasteiger partial charge in [-0.2, -0.15) is 0 Å². The molecule has 0 aliphatic heterocycles. The molecule has 0 radical (unpaired) electrons. The Labute approximate surface area is 215 Å². The van der Waals surface area contributed by atoms with Crippen molar-refractivity contribution in [3.63, 3.8) is 0 Å². The molecule has 0 amide bonds. The predicted molar refractivity (Wildman–Crippen MR) is 145 cm³/mol.